The monoisotopic (exact) mass is 367 g/mol. The Morgan fingerprint density at radius 3 is 2.52 bits per heavy atom. The van der Waals surface area contributed by atoms with E-state index in [0.29, 0.717) is 11.8 Å². The van der Waals surface area contributed by atoms with Gasteiger partial charge in [-0.15, -0.1) is 0 Å². The summed E-state index contributed by atoms with van der Waals surface area (Å²) in [5.74, 6) is 0.939. The first-order valence-corrected chi connectivity index (χ1v) is 10.3. The fourth-order valence-electron chi connectivity index (χ4n) is 5.06. The van der Waals surface area contributed by atoms with E-state index < -0.39 is 6.10 Å². The van der Waals surface area contributed by atoms with Crippen molar-refractivity contribution >= 4 is 0 Å². The fraction of sp³-hybridized carbons (Fsp3) is 0.500. The molecule has 0 bridgehead atoms. The van der Waals surface area contributed by atoms with Gasteiger partial charge in [-0.2, -0.15) is 0 Å². The average Bonchev–Trinajstić information content (AvgIpc) is 2.83. The van der Waals surface area contributed by atoms with Crippen LogP contribution in [0.15, 0.2) is 42.5 Å². The van der Waals surface area contributed by atoms with Crippen molar-refractivity contribution in [2.45, 2.75) is 51.0 Å². The molecule has 27 heavy (non-hydrogen) atoms. The summed E-state index contributed by atoms with van der Waals surface area (Å²) < 4.78 is 14.1. The maximum atomic E-state index is 14.1. The summed E-state index contributed by atoms with van der Waals surface area (Å²) in [5.41, 5.74) is 4.44. The minimum atomic E-state index is -0.535. The molecule has 0 aromatic heterocycles. The summed E-state index contributed by atoms with van der Waals surface area (Å²) >= 11 is 0. The molecule has 4 rings (SSSR count). The van der Waals surface area contributed by atoms with E-state index in [-0.39, 0.29) is 5.82 Å². The zero-order valence-electron chi connectivity index (χ0n) is 16.2. The highest BCUT2D eigenvalue weighted by molar-refractivity contribution is 5.32. The second-order valence-electron chi connectivity index (χ2n) is 8.40. The number of benzene rings is 2. The second kappa shape index (κ2) is 8.12. The molecule has 1 aliphatic carbocycles. The van der Waals surface area contributed by atoms with Crippen molar-refractivity contribution in [1.29, 1.82) is 0 Å². The summed E-state index contributed by atoms with van der Waals surface area (Å²) in [4.78, 5) is 2.55. The minimum Gasteiger partial charge on any atom is -0.388 e. The third-order valence-electron chi connectivity index (χ3n) is 6.61. The van der Waals surface area contributed by atoms with Gasteiger partial charge in [0.25, 0.3) is 0 Å². The largest absolute Gasteiger partial charge is 0.388 e. The van der Waals surface area contributed by atoms with Gasteiger partial charge in [-0.3, -0.25) is 0 Å². The molecule has 1 N–H and O–H groups in total. The van der Waals surface area contributed by atoms with Crippen LogP contribution in [0.5, 0.6) is 0 Å². The molecule has 144 valence electrons. The molecule has 2 atom stereocenters. The first-order chi connectivity index (χ1) is 13.1. The molecule has 2 nitrogen and oxygen atoms in total. The van der Waals surface area contributed by atoms with Crippen LogP contribution in [0.2, 0.25) is 0 Å². The van der Waals surface area contributed by atoms with E-state index in [2.05, 4.69) is 36.1 Å². The van der Waals surface area contributed by atoms with Crippen LogP contribution in [-0.2, 0) is 6.42 Å². The normalized spacial score (nSPS) is 24.4. The molecule has 2 aromatic carbocycles. The van der Waals surface area contributed by atoms with Gasteiger partial charge in [-0.1, -0.05) is 36.4 Å². The number of aryl methyl sites for hydroxylation is 1. The first kappa shape index (κ1) is 18.6. The number of nitrogens with zero attached hydrogens (tertiary/aromatic N) is 1. The highest BCUT2D eigenvalue weighted by Crippen LogP contribution is 2.35. The number of hydrogen-bond acceptors (Lipinski definition) is 2. The minimum absolute atomic E-state index is 0.161. The van der Waals surface area contributed by atoms with Crippen molar-refractivity contribution < 1.29 is 9.50 Å². The van der Waals surface area contributed by atoms with E-state index in [1.807, 2.05) is 6.07 Å². The molecule has 0 radical (unpaired) electrons. The number of likely N-dealkylation sites (tertiary alicyclic amines) is 1. The summed E-state index contributed by atoms with van der Waals surface area (Å²) in [5, 5.41) is 10.6. The third kappa shape index (κ3) is 4.09. The van der Waals surface area contributed by atoms with Crippen molar-refractivity contribution in [3.63, 3.8) is 0 Å². The molecule has 1 aliphatic heterocycles. The van der Waals surface area contributed by atoms with Crippen LogP contribution in [0.3, 0.4) is 0 Å². The molecule has 0 saturated carbocycles. The van der Waals surface area contributed by atoms with Crippen molar-refractivity contribution in [2.75, 3.05) is 19.6 Å². The van der Waals surface area contributed by atoms with E-state index in [0.717, 1.165) is 50.0 Å². The molecule has 3 heteroatoms. The van der Waals surface area contributed by atoms with Gasteiger partial charge in [-0.25, -0.2) is 4.39 Å². The van der Waals surface area contributed by atoms with Gasteiger partial charge in [0, 0.05) is 6.54 Å². The smallest absolute Gasteiger partial charge is 0.126 e. The molecule has 1 saturated heterocycles. The Morgan fingerprint density at radius 2 is 1.74 bits per heavy atom. The molecular weight excluding hydrogens is 337 g/mol. The lowest BCUT2D eigenvalue weighted by atomic mass is 9.86. The number of hydrogen-bond donors (Lipinski definition) is 1. The van der Waals surface area contributed by atoms with Crippen LogP contribution in [0.25, 0.3) is 0 Å². The molecule has 1 fully saturated rings. The van der Waals surface area contributed by atoms with Crippen molar-refractivity contribution in [2.24, 2.45) is 5.92 Å². The van der Waals surface area contributed by atoms with Gasteiger partial charge in [0.2, 0.25) is 0 Å². The molecule has 1 heterocycles. The van der Waals surface area contributed by atoms with E-state index in [4.69, 9.17) is 0 Å². The van der Waals surface area contributed by atoms with Gasteiger partial charge < -0.3 is 10.0 Å². The lowest BCUT2D eigenvalue weighted by Gasteiger charge is -2.35. The van der Waals surface area contributed by atoms with Crippen molar-refractivity contribution in [3.8, 4) is 0 Å². The second-order valence-corrected chi connectivity index (χ2v) is 8.40. The Balaban J connectivity index is 1.35. The highest BCUT2D eigenvalue weighted by atomic mass is 19.1. The van der Waals surface area contributed by atoms with Gasteiger partial charge in [0.1, 0.15) is 5.82 Å². The predicted octanol–water partition coefficient (Wildman–Crippen LogP) is 5.00. The van der Waals surface area contributed by atoms with Crippen molar-refractivity contribution in [1.82, 2.24) is 4.90 Å². The van der Waals surface area contributed by atoms with Gasteiger partial charge in [0.05, 0.1) is 6.10 Å². The Kier molecular flexibility index (Phi) is 5.60. The maximum Gasteiger partial charge on any atom is 0.126 e. The van der Waals surface area contributed by atoms with E-state index >= 15 is 0 Å². The van der Waals surface area contributed by atoms with Crippen LogP contribution in [0, 0.1) is 18.7 Å². The standard InChI is InChI=1S/C24H30FNO/c1-17-5-2-3-6-20(17)19-11-13-26(14-12-19)16-18-9-10-21-22(24(27)15-18)7-4-8-23(21)25/h2-8,18-19,24,27H,9-16H2,1H3. The number of rotatable bonds is 3. The van der Waals surface area contributed by atoms with Gasteiger partial charge in [0.15, 0.2) is 0 Å². The fourth-order valence-corrected chi connectivity index (χ4v) is 5.06. The summed E-state index contributed by atoms with van der Waals surface area (Å²) in [6, 6.07) is 13.9. The topological polar surface area (TPSA) is 23.5 Å². The van der Waals surface area contributed by atoms with Gasteiger partial charge in [-0.05, 0) is 92.3 Å². The summed E-state index contributed by atoms with van der Waals surface area (Å²) in [6.07, 6.45) is 4.32. The molecule has 2 aromatic rings. The van der Waals surface area contributed by atoms with Crippen LogP contribution in [-0.4, -0.2) is 29.6 Å². The summed E-state index contributed by atoms with van der Waals surface area (Å²) in [7, 11) is 0. The quantitative estimate of drug-likeness (QED) is 0.772. The Bertz CT molecular complexity index is 782. The van der Waals surface area contributed by atoms with Crippen LogP contribution >= 0.6 is 0 Å². The molecule has 0 spiro atoms. The zero-order chi connectivity index (χ0) is 18.8. The Morgan fingerprint density at radius 1 is 1.00 bits per heavy atom. The Labute approximate surface area is 162 Å². The Hall–Kier alpha value is -1.71. The van der Waals surface area contributed by atoms with E-state index in [1.54, 1.807) is 6.07 Å². The molecular formula is C24H30FNO. The SMILES string of the molecule is Cc1ccccc1C1CCN(CC2CCc3c(F)cccc3C(O)C2)CC1. The van der Waals surface area contributed by atoms with Crippen LogP contribution in [0.1, 0.15) is 60.0 Å². The summed E-state index contributed by atoms with van der Waals surface area (Å²) in [6.45, 7) is 5.47. The lowest BCUT2D eigenvalue weighted by Crippen LogP contribution is -2.37. The number of piperidine rings is 1. The average molecular weight is 368 g/mol. The van der Waals surface area contributed by atoms with Crippen LogP contribution < -0.4 is 0 Å². The molecule has 0 amide bonds. The number of halogens is 1. The predicted molar refractivity (Wildman–Crippen MR) is 107 cm³/mol. The lowest BCUT2D eigenvalue weighted by molar-refractivity contribution is 0.117. The third-order valence-corrected chi connectivity index (χ3v) is 6.61. The number of fused-ring (bicyclic) bond motifs is 1. The molecule has 2 aliphatic rings. The maximum absolute atomic E-state index is 14.1. The first-order valence-electron chi connectivity index (χ1n) is 10.3. The van der Waals surface area contributed by atoms with Gasteiger partial charge >= 0.3 is 0 Å². The van der Waals surface area contributed by atoms with E-state index in [1.165, 1.54) is 30.0 Å². The van der Waals surface area contributed by atoms with Crippen LogP contribution in [0.4, 0.5) is 4.39 Å². The molecule has 2 unspecified atom stereocenters. The van der Waals surface area contributed by atoms with E-state index in [9.17, 15) is 9.50 Å². The highest BCUT2D eigenvalue weighted by Gasteiger charge is 2.28. The number of aliphatic hydroxyl groups is 1. The zero-order valence-corrected chi connectivity index (χ0v) is 16.2. The number of aliphatic hydroxyl groups excluding tert-OH is 1. The van der Waals surface area contributed by atoms with Crippen molar-refractivity contribution in [3.05, 3.63) is 70.5 Å².